The Morgan fingerprint density at radius 1 is 1.31 bits per heavy atom. The van der Waals surface area contributed by atoms with Crippen molar-refractivity contribution in [1.29, 1.82) is 0 Å². The molecule has 0 bridgehead atoms. The van der Waals surface area contributed by atoms with E-state index < -0.39 is 0 Å². The maximum absolute atomic E-state index is 5.69. The zero-order chi connectivity index (χ0) is 12.1. The molecule has 1 aromatic rings. The SMILES string of the molecule is C=CCCC(NCC)c1c(C)oc(C)c1C. The standard InChI is InChI=1S/C14H23NO/c1-6-8-9-13(15-7-2)14-10(3)11(4)16-12(14)5/h6,13,15H,1,7-9H2,2-5H3. The molecule has 16 heavy (non-hydrogen) atoms. The number of aryl methyl sites for hydroxylation is 2. The molecule has 0 amide bonds. The highest BCUT2D eigenvalue weighted by Gasteiger charge is 2.19. The van der Waals surface area contributed by atoms with Gasteiger partial charge in [0.15, 0.2) is 0 Å². The van der Waals surface area contributed by atoms with E-state index in [2.05, 4.69) is 25.7 Å². The topological polar surface area (TPSA) is 25.2 Å². The van der Waals surface area contributed by atoms with E-state index in [1.165, 1.54) is 11.1 Å². The quantitative estimate of drug-likeness (QED) is 0.739. The first-order valence-corrected chi connectivity index (χ1v) is 6.02. The molecule has 0 saturated carbocycles. The van der Waals surface area contributed by atoms with Gasteiger partial charge in [0.1, 0.15) is 11.5 Å². The molecule has 0 saturated heterocycles. The number of allylic oxidation sites excluding steroid dienone is 1. The van der Waals surface area contributed by atoms with E-state index in [0.29, 0.717) is 6.04 Å². The maximum atomic E-state index is 5.69. The van der Waals surface area contributed by atoms with E-state index in [4.69, 9.17) is 4.42 Å². The lowest BCUT2D eigenvalue weighted by Gasteiger charge is -2.17. The van der Waals surface area contributed by atoms with Gasteiger partial charge in [-0.3, -0.25) is 0 Å². The van der Waals surface area contributed by atoms with E-state index in [-0.39, 0.29) is 0 Å². The van der Waals surface area contributed by atoms with Crippen LogP contribution < -0.4 is 5.32 Å². The van der Waals surface area contributed by atoms with Gasteiger partial charge in [0, 0.05) is 11.6 Å². The second-order valence-corrected chi connectivity index (χ2v) is 4.23. The van der Waals surface area contributed by atoms with Crippen molar-refractivity contribution in [2.45, 2.75) is 46.6 Å². The molecule has 0 aliphatic rings. The summed E-state index contributed by atoms with van der Waals surface area (Å²) in [5, 5.41) is 3.52. The molecule has 90 valence electrons. The molecule has 1 rings (SSSR count). The first-order valence-electron chi connectivity index (χ1n) is 6.02. The first-order chi connectivity index (χ1) is 7.61. The third-order valence-corrected chi connectivity index (χ3v) is 3.08. The smallest absolute Gasteiger partial charge is 0.106 e. The Hall–Kier alpha value is -1.02. The Kier molecular flexibility index (Phi) is 4.81. The number of furan rings is 1. The van der Waals surface area contributed by atoms with Gasteiger partial charge in [-0.25, -0.2) is 0 Å². The molecule has 1 atom stereocenters. The highest BCUT2D eigenvalue weighted by molar-refractivity contribution is 5.34. The first kappa shape index (κ1) is 13.0. The molecular weight excluding hydrogens is 198 g/mol. The molecule has 0 aliphatic carbocycles. The van der Waals surface area contributed by atoms with Crippen LogP contribution in [-0.4, -0.2) is 6.54 Å². The van der Waals surface area contributed by atoms with E-state index in [1.54, 1.807) is 0 Å². The Bertz CT molecular complexity index is 352. The number of hydrogen-bond acceptors (Lipinski definition) is 2. The minimum atomic E-state index is 0.389. The van der Waals surface area contributed by atoms with Crippen molar-refractivity contribution in [3.63, 3.8) is 0 Å². The molecule has 0 spiro atoms. The molecule has 2 nitrogen and oxygen atoms in total. The molecule has 1 aromatic heterocycles. The van der Waals surface area contributed by atoms with Crippen LogP contribution in [0.2, 0.25) is 0 Å². The molecule has 0 aromatic carbocycles. The third kappa shape index (κ3) is 2.76. The van der Waals surface area contributed by atoms with Crippen molar-refractivity contribution in [1.82, 2.24) is 5.32 Å². The Morgan fingerprint density at radius 2 is 2.00 bits per heavy atom. The minimum Gasteiger partial charge on any atom is -0.466 e. The average molecular weight is 221 g/mol. The van der Waals surface area contributed by atoms with Crippen LogP contribution in [0.4, 0.5) is 0 Å². The van der Waals surface area contributed by atoms with Crippen molar-refractivity contribution in [2.24, 2.45) is 0 Å². The van der Waals surface area contributed by atoms with Gasteiger partial charge in [0.05, 0.1) is 0 Å². The van der Waals surface area contributed by atoms with Gasteiger partial charge >= 0.3 is 0 Å². The lowest BCUT2D eigenvalue weighted by molar-refractivity contribution is 0.476. The predicted molar refractivity (Wildman–Crippen MR) is 68.8 cm³/mol. The Balaban J connectivity index is 2.94. The summed E-state index contributed by atoms with van der Waals surface area (Å²) in [7, 11) is 0. The van der Waals surface area contributed by atoms with Gasteiger partial charge < -0.3 is 9.73 Å². The molecule has 1 N–H and O–H groups in total. The van der Waals surface area contributed by atoms with Crippen LogP contribution in [0.25, 0.3) is 0 Å². The van der Waals surface area contributed by atoms with Crippen LogP contribution in [0.5, 0.6) is 0 Å². The van der Waals surface area contributed by atoms with Gasteiger partial charge in [0.2, 0.25) is 0 Å². The van der Waals surface area contributed by atoms with E-state index in [1.807, 2.05) is 19.9 Å². The monoisotopic (exact) mass is 221 g/mol. The summed E-state index contributed by atoms with van der Waals surface area (Å²) >= 11 is 0. The van der Waals surface area contributed by atoms with Crippen molar-refractivity contribution in [2.75, 3.05) is 6.54 Å². The van der Waals surface area contributed by atoms with Crippen LogP contribution in [-0.2, 0) is 0 Å². The molecule has 0 radical (unpaired) electrons. The van der Waals surface area contributed by atoms with E-state index in [9.17, 15) is 0 Å². The fraction of sp³-hybridized carbons (Fsp3) is 0.571. The van der Waals surface area contributed by atoms with Crippen LogP contribution >= 0.6 is 0 Å². The fourth-order valence-corrected chi connectivity index (χ4v) is 2.20. The molecule has 1 heterocycles. The number of rotatable bonds is 6. The zero-order valence-corrected chi connectivity index (χ0v) is 10.9. The van der Waals surface area contributed by atoms with Crippen molar-refractivity contribution in [3.05, 3.63) is 35.3 Å². The second kappa shape index (κ2) is 5.90. The Morgan fingerprint density at radius 3 is 2.44 bits per heavy atom. The van der Waals surface area contributed by atoms with Gasteiger partial charge in [-0.1, -0.05) is 13.0 Å². The fourth-order valence-electron chi connectivity index (χ4n) is 2.20. The Labute approximate surface area is 98.7 Å². The maximum Gasteiger partial charge on any atom is 0.106 e. The van der Waals surface area contributed by atoms with Gasteiger partial charge in [0.25, 0.3) is 0 Å². The molecule has 2 heteroatoms. The van der Waals surface area contributed by atoms with Gasteiger partial charge in [-0.05, 0) is 45.7 Å². The normalized spacial score (nSPS) is 12.8. The molecule has 1 unspecified atom stereocenters. The molecular formula is C14H23NO. The summed E-state index contributed by atoms with van der Waals surface area (Å²) in [6, 6.07) is 0.389. The number of nitrogens with one attached hydrogen (secondary N) is 1. The lowest BCUT2D eigenvalue weighted by atomic mass is 9.98. The average Bonchev–Trinajstić information content (AvgIpc) is 2.49. The van der Waals surface area contributed by atoms with Crippen molar-refractivity contribution >= 4 is 0 Å². The second-order valence-electron chi connectivity index (χ2n) is 4.23. The van der Waals surface area contributed by atoms with Gasteiger partial charge in [-0.2, -0.15) is 0 Å². The lowest BCUT2D eigenvalue weighted by Crippen LogP contribution is -2.21. The molecule has 0 fully saturated rings. The predicted octanol–water partition coefficient (Wildman–Crippen LogP) is 3.82. The highest BCUT2D eigenvalue weighted by atomic mass is 16.3. The third-order valence-electron chi connectivity index (χ3n) is 3.08. The summed E-state index contributed by atoms with van der Waals surface area (Å²) in [6.07, 6.45) is 4.08. The van der Waals surface area contributed by atoms with Crippen molar-refractivity contribution < 1.29 is 4.42 Å². The summed E-state index contributed by atoms with van der Waals surface area (Å²) < 4.78 is 5.69. The molecule has 0 aliphatic heterocycles. The van der Waals surface area contributed by atoms with Crippen LogP contribution in [0.1, 0.15) is 48.5 Å². The summed E-state index contributed by atoms with van der Waals surface area (Å²) in [4.78, 5) is 0. The van der Waals surface area contributed by atoms with Crippen LogP contribution in [0, 0.1) is 20.8 Å². The largest absolute Gasteiger partial charge is 0.466 e. The van der Waals surface area contributed by atoms with Gasteiger partial charge in [-0.15, -0.1) is 6.58 Å². The van der Waals surface area contributed by atoms with Crippen molar-refractivity contribution in [3.8, 4) is 0 Å². The minimum absolute atomic E-state index is 0.389. The summed E-state index contributed by atoms with van der Waals surface area (Å²) in [5.74, 6) is 2.08. The van der Waals surface area contributed by atoms with E-state index in [0.717, 1.165) is 30.9 Å². The summed E-state index contributed by atoms with van der Waals surface area (Å²) in [6.45, 7) is 13.1. The highest BCUT2D eigenvalue weighted by Crippen LogP contribution is 2.29. The zero-order valence-electron chi connectivity index (χ0n) is 10.9. The van der Waals surface area contributed by atoms with Crippen LogP contribution in [0.3, 0.4) is 0 Å². The van der Waals surface area contributed by atoms with E-state index >= 15 is 0 Å². The van der Waals surface area contributed by atoms with Crippen LogP contribution in [0.15, 0.2) is 17.1 Å². The summed E-state index contributed by atoms with van der Waals surface area (Å²) in [5.41, 5.74) is 2.62. The number of hydrogen-bond donors (Lipinski definition) is 1.